The Labute approximate surface area is 474 Å². The predicted molar refractivity (Wildman–Crippen MR) is 325 cm³/mol. The van der Waals surface area contributed by atoms with Gasteiger partial charge in [0.25, 0.3) is 0 Å². The van der Waals surface area contributed by atoms with Gasteiger partial charge in [-0.05, 0) is 135 Å². The topological polar surface area (TPSA) is 155 Å². The van der Waals surface area contributed by atoms with E-state index in [0.29, 0.717) is 19.3 Å². The van der Waals surface area contributed by atoms with Gasteiger partial charge in [0.2, 0.25) is 0 Å². The number of aliphatic hydroxyl groups excluding tert-OH is 1. The summed E-state index contributed by atoms with van der Waals surface area (Å²) < 4.78 is 39.5. The Morgan fingerprint density at radius 2 is 0.667 bits per heavy atom. The standard InChI is InChI=1S/C66H107O11P/c1-4-7-10-13-16-19-22-25-28-30-31-33-36-39-42-45-48-51-54-57-66(70)77-63(59-73-64(68)55-52-49-46-43-40-37-35-32-29-26-23-20-17-14-11-8-5-2)61-75-78(71,72)74-60-62(58-67)76-65(69)56-53-50-47-44-41-38-34-27-24-21-18-15-12-9-6-3/h7,9-10,12,16-21,25-29,31,33-34,39,41-42,44,62-63,67H,4-6,8,11,13-15,22-24,30,32,35-38,40,43,45-61H2,1-3H3,(H,71,72)/b10-7-,12-9-,19-16-,20-17-,21-18-,28-25-,29-26-,33-31-,34-27-,42-39-,44-41-. The van der Waals surface area contributed by atoms with Gasteiger partial charge in [-0.1, -0.05) is 206 Å². The Bertz CT molecular complexity index is 1820. The Hall–Kier alpha value is -4.38. The number of esters is 3. The molecule has 0 aromatic carbocycles. The van der Waals surface area contributed by atoms with Crippen LogP contribution in [0.3, 0.4) is 0 Å². The van der Waals surface area contributed by atoms with E-state index >= 15 is 0 Å². The third-order valence-electron chi connectivity index (χ3n) is 12.0. The molecule has 2 N–H and O–H groups in total. The molecule has 0 saturated heterocycles. The summed E-state index contributed by atoms with van der Waals surface area (Å²) in [6, 6.07) is 0. The molecule has 442 valence electrons. The third kappa shape index (κ3) is 56.3. The molecule has 0 heterocycles. The van der Waals surface area contributed by atoms with E-state index in [1.807, 2.05) is 0 Å². The van der Waals surface area contributed by atoms with Crippen LogP contribution in [0.5, 0.6) is 0 Å². The highest BCUT2D eigenvalue weighted by Gasteiger charge is 2.28. The summed E-state index contributed by atoms with van der Waals surface area (Å²) in [5, 5.41) is 9.82. The van der Waals surface area contributed by atoms with Crippen molar-refractivity contribution in [2.75, 3.05) is 26.4 Å². The van der Waals surface area contributed by atoms with E-state index in [0.717, 1.165) is 128 Å². The van der Waals surface area contributed by atoms with E-state index in [4.69, 9.17) is 23.3 Å². The van der Waals surface area contributed by atoms with Crippen molar-refractivity contribution in [3.8, 4) is 0 Å². The lowest BCUT2D eigenvalue weighted by molar-refractivity contribution is -0.161. The first-order valence-corrected chi connectivity index (χ1v) is 31.6. The van der Waals surface area contributed by atoms with Crippen LogP contribution in [-0.2, 0) is 42.2 Å². The van der Waals surface area contributed by atoms with Gasteiger partial charge in [0, 0.05) is 19.3 Å². The highest BCUT2D eigenvalue weighted by atomic mass is 31.2. The molecule has 0 saturated carbocycles. The first-order chi connectivity index (χ1) is 38.2. The summed E-state index contributed by atoms with van der Waals surface area (Å²) in [5.41, 5.74) is 0. The van der Waals surface area contributed by atoms with Crippen molar-refractivity contribution in [1.29, 1.82) is 0 Å². The van der Waals surface area contributed by atoms with E-state index in [1.165, 1.54) is 38.5 Å². The number of aliphatic hydroxyl groups is 1. The van der Waals surface area contributed by atoms with Gasteiger partial charge in [-0.2, -0.15) is 0 Å². The van der Waals surface area contributed by atoms with Crippen molar-refractivity contribution in [3.63, 3.8) is 0 Å². The summed E-state index contributed by atoms with van der Waals surface area (Å²) in [6.07, 6.45) is 74.1. The minimum Gasteiger partial charge on any atom is -0.462 e. The Morgan fingerprint density at radius 3 is 1.06 bits per heavy atom. The number of phosphoric acid groups is 1. The smallest absolute Gasteiger partial charge is 0.462 e. The second kappa shape index (κ2) is 58.8. The van der Waals surface area contributed by atoms with Crippen LogP contribution >= 0.6 is 7.82 Å². The number of hydrogen-bond acceptors (Lipinski definition) is 10. The maximum atomic E-state index is 12.9. The summed E-state index contributed by atoms with van der Waals surface area (Å²) in [6.45, 7) is 4.29. The molecule has 0 amide bonds. The molecule has 0 aliphatic heterocycles. The van der Waals surface area contributed by atoms with Crippen LogP contribution in [0.2, 0.25) is 0 Å². The number of carbonyl (C=O) groups excluding carboxylic acids is 3. The van der Waals surface area contributed by atoms with Gasteiger partial charge in [0.05, 0.1) is 19.8 Å². The SMILES string of the molecule is CC/C=C\C/C=C\C/C=C\C/C=C\C/C=C\CCCCCC(=O)OC(COC(=O)CCCCCCCCC/C=C\C/C=C\CCCCC)COP(=O)(O)OCC(CO)OC(=O)CCCC/C=C\C/C=C\C/C=C\C/C=C\CC. The van der Waals surface area contributed by atoms with E-state index in [2.05, 4.69) is 154 Å². The minimum atomic E-state index is -4.78. The quantitative estimate of drug-likeness (QED) is 0.0197. The van der Waals surface area contributed by atoms with Crippen LogP contribution in [0, 0.1) is 0 Å². The first-order valence-electron chi connectivity index (χ1n) is 30.1. The molecular weight excluding hydrogens is 1000 g/mol. The zero-order valence-corrected chi connectivity index (χ0v) is 49.7. The second-order valence-electron chi connectivity index (χ2n) is 19.4. The summed E-state index contributed by atoms with van der Waals surface area (Å²) in [4.78, 5) is 48.6. The van der Waals surface area contributed by atoms with Crippen LogP contribution in [-0.4, -0.2) is 66.5 Å². The fraction of sp³-hybridized carbons (Fsp3) is 0.621. The molecule has 0 aliphatic carbocycles. The molecule has 0 aromatic heterocycles. The Balaban J connectivity index is 4.86. The molecule has 0 aromatic rings. The van der Waals surface area contributed by atoms with E-state index in [9.17, 15) is 28.9 Å². The molecule has 0 bridgehead atoms. The molecule has 0 rings (SSSR count). The van der Waals surface area contributed by atoms with Crippen molar-refractivity contribution in [3.05, 3.63) is 134 Å². The molecule has 0 spiro atoms. The minimum absolute atomic E-state index is 0.115. The average Bonchev–Trinajstić information content (AvgIpc) is 3.43. The summed E-state index contributed by atoms with van der Waals surface area (Å²) in [5.74, 6) is -1.57. The summed E-state index contributed by atoms with van der Waals surface area (Å²) >= 11 is 0. The van der Waals surface area contributed by atoms with Crippen molar-refractivity contribution in [2.45, 2.75) is 238 Å². The lowest BCUT2D eigenvalue weighted by Crippen LogP contribution is -2.30. The van der Waals surface area contributed by atoms with Gasteiger partial charge in [-0.15, -0.1) is 0 Å². The van der Waals surface area contributed by atoms with Gasteiger partial charge in [0.15, 0.2) is 6.10 Å². The highest BCUT2D eigenvalue weighted by molar-refractivity contribution is 7.47. The monoisotopic (exact) mass is 1110 g/mol. The van der Waals surface area contributed by atoms with Crippen LogP contribution in [0.15, 0.2) is 134 Å². The van der Waals surface area contributed by atoms with Gasteiger partial charge in [0.1, 0.15) is 12.7 Å². The highest BCUT2D eigenvalue weighted by Crippen LogP contribution is 2.43. The molecule has 3 unspecified atom stereocenters. The number of hydrogen-bond donors (Lipinski definition) is 2. The molecule has 12 heteroatoms. The number of phosphoric ester groups is 1. The number of allylic oxidation sites excluding steroid dienone is 22. The Kier molecular flexibility index (Phi) is 55.5. The van der Waals surface area contributed by atoms with Gasteiger partial charge >= 0.3 is 25.7 Å². The fourth-order valence-corrected chi connectivity index (χ4v) is 8.30. The van der Waals surface area contributed by atoms with Crippen molar-refractivity contribution in [1.82, 2.24) is 0 Å². The third-order valence-corrected chi connectivity index (χ3v) is 13.0. The molecular formula is C66H107O11P. The van der Waals surface area contributed by atoms with Crippen molar-refractivity contribution in [2.24, 2.45) is 0 Å². The lowest BCUT2D eigenvalue weighted by Gasteiger charge is -2.21. The van der Waals surface area contributed by atoms with Crippen LogP contribution in [0.1, 0.15) is 226 Å². The van der Waals surface area contributed by atoms with E-state index in [-0.39, 0.29) is 25.9 Å². The predicted octanol–water partition coefficient (Wildman–Crippen LogP) is 18.1. The van der Waals surface area contributed by atoms with E-state index < -0.39 is 57.8 Å². The normalized spacial score (nSPS) is 14.3. The lowest BCUT2D eigenvalue weighted by atomic mass is 10.1. The van der Waals surface area contributed by atoms with Crippen LogP contribution in [0.4, 0.5) is 0 Å². The fourth-order valence-electron chi connectivity index (χ4n) is 7.52. The maximum absolute atomic E-state index is 12.9. The van der Waals surface area contributed by atoms with Gasteiger partial charge < -0.3 is 24.2 Å². The molecule has 0 radical (unpaired) electrons. The number of unbranched alkanes of at least 4 members (excludes halogenated alkanes) is 15. The van der Waals surface area contributed by atoms with Gasteiger partial charge in [-0.3, -0.25) is 23.4 Å². The zero-order valence-electron chi connectivity index (χ0n) is 48.8. The molecule has 0 aliphatic rings. The Morgan fingerprint density at radius 1 is 0.372 bits per heavy atom. The van der Waals surface area contributed by atoms with Crippen molar-refractivity contribution < 1.29 is 52.2 Å². The second-order valence-corrected chi connectivity index (χ2v) is 20.8. The van der Waals surface area contributed by atoms with E-state index in [1.54, 1.807) is 0 Å². The zero-order chi connectivity index (χ0) is 56.9. The number of ether oxygens (including phenoxy) is 3. The molecule has 3 atom stereocenters. The van der Waals surface area contributed by atoms with Crippen LogP contribution < -0.4 is 0 Å². The number of rotatable bonds is 54. The van der Waals surface area contributed by atoms with Gasteiger partial charge in [-0.25, -0.2) is 4.57 Å². The van der Waals surface area contributed by atoms with Crippen LogP contribution in [0.25, 0.3) is 0 Å². The van der Waals surface area contributed by atoms with Crippen molar-refractivity contribution >= 4 is 25.7 Å². The summed E-state index contributed by atoms with van der Waals surface area (Å²) in [7, 11) is -4.78. The molecule has 78 heavy (non-hydrogen) atoms. The maximum Gasteiger partial charge on any atom is 0.472 e. The molecule has 0 fully saturated rings. The number of carbonyl (C=O) groups is 3. The molecule has 11 nitrogen and oxygen atoms in total. The largest absolute Gasteiger partial charge is 0.472 e. The average molecular weight is 1110 g/mol. The first kappa shape index (κ1) is 73.6.